The Balaban J connectivity index is 1.84. The Morgan fingerprint density at radius 3 is 2.82 bits per heavy atom. The predicted octanol–water partition coefficient (Wildman–Crippen LogP) is 0.869. The average molecular weight is 240 g/mol. The summed E-state index contributed by atoms with van der Waals surface area (Å²) >= 11 is 0. The summed E-state index contributed by atoms with van der Waals surface area (Å²) in [6.07, 6.45) is 3.49. The minimum Gasteiger partial charge on any atom is -0.383 e. The van der Waals surface area contributed by atoms with Crippen molar-refractivity contribution in [1.29, 1.82) is 0 Å². The van der Waals surface area contributed by atoms with Crippen molar-refractivity contribution in [1.82, 2.24) is 10.2 Å². The van der Waals surface area contributed by atoms with Crippen LogP contribution in [0.15, 0.2) is 0 Å². The summed E-state index contributed by atoms with van der Waals surface area (Å²) in [6.45, 7) is 5.48. The number of methoxy groups -OCH3 is 1. The van der Waals surface area contributed by atoms with E-state index in [2.05, 4.69) is 12.2 Å². The van der Waals surface area contributed by atoms with Crippen LogP contribution in [0, 0.1) is 11.8 Å². The summed E-state index contributed by atoms with van der Waals surface area (Å²) < 4.78 is 5.10. The van der Waals surface area contributed by atoms with Crippen molar-refractivity contribution < 1.29 is 9.53 Å². The van der Waals surface area contributed by atoms with E-state index < -0.39 is 0 Å². The third-order valence-electron chi connectivity index (χ3n) is 3.91. The van der Waals surface area contributed by atoms with Gasteiger partial charge in [0.25, 0.3) is 0 Å². The van der Waals surface area contributed by atoms with E-state index in [4.69, 9.17) is 4.74 Å². The van der Waals surface area contributed by atoms with Crippen LogP contribution < -0.4 is 5.32 Å². The number of amides is 1. The van der Waals surface area contributed by atoms with Crippen molar-refractivity contribution in [2.24, 2.45) is 11.8 Å². The third-order valence-corrected chi connectivity index (χ3v) is 3.91. The normalized spacial score (nSPS) is 31.5. The number of hydrogen-bond donors (Lipinski definition) is 1. The first kappa shape index (κ1) is 12.8. The van der Waals surface area contributed by atoms with E-state index >= 15 is 0 Å². The molecule has 4 heteroatoms. The Hall–Kier alpha value is -0.610. The van der Waals surface area contributed by atoms with Gasteiger partial charge in [0.05, 0.1) is 6.61 Å². The number of hydrogen-bond acceptors (Lipinski definition) is 3. The van der Waals surface area contributed by atoms with Crippen molar-refractivity contribution in [2.45, 2.75) is 32.2 Å². The topological polar surface area (TPSA) is 41.6 Å². The molecule has 1 saturated carbocycles. The van der Waals surface area contributed by atoms with E-state index in [1.54, 1.807) is 7.11 Å². The lowest BCUT2D eigenvalue weighted by atomic mass is 10.2. The molecule has 0 bridgehead atoms. The molecule has 2 aliphatic rings. The molecule has 3 atom stereocenters. The zero-order valence-electron chi connectivity index (χ0n) is 10.9. The van der Waals surface area contributed by atoms with E-state index in [9.17, 15) is 4.79 Å². The van der Waals surface area contributed by atoms with Crippen LogP contribution in [0.5, 0.6) is 0 Å². The molecule has 3 unspecified atom stereocenters. The number of carbonyl (C=O) groups is 1. The van der Waals surface area contributed by atoms with Gasteiger partial charge in [-0.1, -0.05) is 6.92 Å². The van der Waals surface area contributed by atoms with Gasteiger partial charge < -0.3 is 15.0 Å². The quantitative estimate of drug-likeness (QED) is 0.749. The van der Waals surface area contributed by atoms with E-state index in [-0.39, 0.29) is 5.92 Å². The molecular weight excluding hydrogens is 216 g/mol. The molecule has 1 aliphatic carbocycles. The Morgan fingerprint density at radius 1 is 1.53 bits per heavy atom. The second-order valence-corrected chi connectivity index (χ2v) is 5.39. The highest BCUT2D eigenvalue weighted by Gasteiger charge is 2.41. The van der Waals surface area contributed by atoms with Crippen LogP contribution in [0.1, 0.15) is 26.2 Å². The molecule has 0 spiro atoms. The summed E-state index contributed by atoms with van der Waals surface area (Å²) in [5.74, 6) is 1.21. The van der Waals surface area contributed by atoms with Gasteiger partial charge in [0.15, 0.2) is 0 Å². The molecule has 98 valence electrons. The lowest BCUT2D eigenvalue weighted by molar-refractivity contribution is -0.133. The number of rotatable bonds is 6. The summed E-state index contributed by atoms with van der Waals surface area (Å²) in [5, 5.41) is 3.45. The number of ether oxygens (including phenoxy) is 1. The van der Waals surface area contributed by atoms with Gasteiger partial charge in [-0.3, -0.25) is 4.79 Å². The zero-order valence-corrected chi connectivity index (χ0v) is 10.9. The van der Waals surface area contributed by atoms with Crippen LogP contribution >= 0.6 is 0 Å². The van der Waals surface area contributed by atoms with Gasteiger partial charge in [-0.05, 0) is 31.7 Å². The maximum atomic E-state index is 12.3. The molecule has 1 N–H and O–H groups in total. The molecule has 2 fully saturated rings. The molecule has 0 radical (unpaired) electrons. The van der Waals surface area contributed by atoms with Gasteiger partial charge in [0, 0.05) is 32.2 Å². The van der Waals surface area contributed by atoms with Crippen LogP contribution in [-0.2, 0) is 9.53 Å². The number of nitrogens with zero attached hydrogens (tertiary/aromatic N) is 1. The monoisotopic (exact) mass is 240 g/mol. The van der Waals surface area contributed by atoms with E-state index in [1.165, 1.54) is 12.8 Å². The molecule has 2 rings (SSSR count). The van der Waals surface area contributed by atoms with Crippen molar-refractivity contribution in [3.63, 3.8) is 0 Å². The van der Waals surface area contributed by atoms with Crippen LogP contribution in [-0.4, -0.2) is 50.2 Å². The molecule has 0 aromatic rings. The average Bonchev–Trinajstić information content (AvgIpc) is 2.84. The molecule has 1 aliphatic heterocycles. The maximum absolute atomic E-state index is 12.3. The Kier molecular flexibility index (Phi) is 4.40. The molecule has 0 aromatic carbocycles. The van der Waals surface area contributed by atoms with Gasteiger partial charge in [-0.25, -0.2) is 0 Å². The van der Waals surface area contributed by atoms with Crippen LogP contribution in [0.2, 0.25) is 0 Å². The zero-order chi connectivity index (χ0) is 12.3. The fourth-order valence-electron chi connectivity index (χ4n) is 2.57. The predicted molar refractivity (Wildman–Crippen MR) is 66.8 cm³/mol. The summed E-state index contributed by atoms with van der Waals surface area (Å²) in [5.41, 5.74) is 0. The van der Waals surface area contributed by atoms with E-state index in [0.29, 0.717) is 24.5 Å². The first-order valence-electron chi connectivity index (χ1n) is 6.73. The molecular formula is C13H24N2O2. The van der Waals surface area contributed by atoms with Crippen molar-refractivity contribution in [2.75, 3.05) is 33.4 Å². The highest BCUT2D eigenvalue weighted by atomic mass is 16.5. The first-order chi connectivity index (χ1) is 8.22. The van der Waals surface area contributed by atoms with Gasteiger partial charge in [0.1, 0.15) is 0 Å². The summed E-state index contributed by atoms with van der Waals surface area (Å²) in [4.78, 5) is 14.3. The lowest BCUT2D eigenvalue weighted by Crippen LogP contribution is -2.43. The molecule has 1 amide bonds. The van der Waals surface area contributed by atoms with Gasteiger partial charge >= 0.3 is 0 Å². The maximum Gasteiger partial charge on any atom is 0.226 e. The second-order valence-electron chi connectivity index (χ2n) is 5.39. The van der Waals surface area contributed by atoms with Crippen molar-refractivity contribution >= 4 is 5.91 Å². The van der Waals surface area contributed by atoms with Gasteiger partial charge in [-0.15, -0.1) is 0 Å². The molecule has 0 aromatic heterocycles. The van der Waals surface area contributed by atoms with Crippen LogP contribution in [0.25, 0.3) is 0 Å². The Morgan fingerprint density at radius 2 is 2.29 bits per heavy atom. The van der Waals surface area contributed by atoms with Crippen LogP contribution in [0.3, 0.4) is 0 Å². The summed E-state index contributed by atoms with van der Waals surface area (Å²) in [6, 6.07) is 0.491. The number of carbonyl (C=O) groups excluding carboxylic acids is 1. The first-order valence-corrected chi connectivity index (χ1v) is 6.73. The standard InChI is InChI=1S/C13H24N2O2/c1-10-8-12(10)13(16)15(6-7-17-2)9-11-4-3-5-14-11/h10-12,14H,3-9H2,1-2H3. The largest absolute Gasteiger partial charge is 0.383 e. The van der Waals surface area contributed by atoms with E-state index in [1.807, 2.05) is 4.90 Å². The minimum atomic E-state index is 0.285. The summed E-state index contributed by atoms with van der Waals surface area (Å²) in [7, 11) is 1.69. The molecule has 4 nitrogen and oxygen atoms in total. The van der Waals surface area contributed by atoms with Crippen LogP contribution in [0.4, 0.5) is 0 Å². The third kappa shape index (κ3) is 3.42. The van der Waals surface area contributed by atoms with E-state index in [0.717, 1.165) is 26.1 Å². The fourth-order valence-corrected chi connectivity index (χ4v) is 2.57. The van der Waals surface area contributed by atoms with Crippen molar-refractivity contribution in [3.8, 4) is 0 Å². The lowest BCUT2D eigenvalue weighted by Gasteiger charge is -2.26. The molecule has 1 heterocycles. The fraction of sp³-hybridized carbons (Fsp3) is 0.923. The van der Waals surface area contributed by atoms with Gasteiger partial charge in [0.2, 0.25) is 5.91 Å². The molecule has 1 saturated heterocycles. The SMILES string of the molecule is COCCN(CC1CCCN1)C(=O)C1CC1C. The smallest absolute Gasteiger partial charge is 0.226 e. The highest BCUT2D eigenvalue weighted by molar-refractivity contribution is 5.81. The molecule has 17 heavy (non-hydrogen) atoms. The second kappa shape index (κ2) is 5.83. The Labute approximate surface area is 104 Å². The van der Waals surface area contributed by atoms with Gasteiger partial charge in [-0.2, -0.15) is 0 Å². The minimum absolute atomic E-state index is 0.285. The highest BCUT2D eigenvalue weighted by Crippen LogP contribution is 2.39. The number of nitrogens with one attached hydrogen (secondary N) is 1. The Bertz CT molecular complexity index is 264. The van der Waals surface area contributed by atoms with Crippen molar-refractivity contribution in [3.05, 3.63) is 0 Å².